The zero-order valence-electron chi connectivity index (χ0n) is 35.4. The van der Waals surface area contributed by atoms with Gasteiger partial charge in [-0.05, 0) is 101 Å². The van der Waals surface area contributed by atoms with Crippen molar-refractivity contribution >= 4 is 39.2 Å². The quantitative estimate of drug-likeness (QED) is 0.161. The molecule has 0 fully saturated rings. The Bertz CT molecular complexity index is 3150. The lowest BCUT2D eigenvalue weighted by Gasteiger charge is -2.36. The Kier molecular flexibility index (Phi) is 9.50. The maximum absolute atomic E-state index is 5.57. The standard InChI is InChI=1S/C58H48N4/c1-38-33-46(41-20-9-5-10-21-41)36-47(34-38)53-37-51(45-23-16-22-44(35-45)40-18-7-4-8-19-40)60-58(61(53)3)43-31-29-42(30-32-43)56-55-49-26-13-14-28-52(49)62(48-24-11-6-12-25-48)57(55)54-39(2)17-15-27-50(54)59-56/h4-16,18-33,35-39,58H,17,34H2,1-3H3. The molecule has 3 atom stereocenters. The zero-order chi connectivity index (χ0) is 41.7. The highest BCUT2D eigenvalue weighted by atomic mass is 15.2. The number of aliphatic imine (C=N–C) groups is 1. The van der Waals surface area contributed by atoms with Gasteiger partial charge in [-0.15, -0.1) is 0 Å². The Morgan fingerprint density at radius 1 is 0.629 bits per heavy atom. The van der Waals surface area contributed by atoms with Crippen LogP contribution < -0.4 is 0 Å². The Morgan fingerprint density at radius 2 is 1.31 bits per heavy atom. The van der Waals surface area contributed by atoms with Crippen molar-refractivity contribution in [3.05, 3.63) is 227 Å². The molecule has 0 amide bonds. The molecule has 1 aliphatic heterocycles. The summed E-state index contributed by atoms with van der Waals surface area (Å²) in [6.45, 7) is 4.66. The van der Waals surface area contributed by atoms with Crippen LogP contribution in [0.3, 0.4) is 0 Å². The van der Waals surface area contributed by atoms with Gasteiger partial charge < -0.3 is 9.47 Å². The first-order valence-electron chi connectivity index (χ1n) is 21.9. The van der Waals surface area contributed by atoms with Gasteiger partial charge in [-0.25, -0.2) is 4.98 Å². The van der Waals surface area contributed by atoms with Crippen LogP contribution in [-0.4, -0.2) is 27.2 Å². The largest absolute Gasteiger partial charge is 0.349 e. The van der Waals surface area contributed by atoms with Gasteiger partial charge in [0, 0.05) is 45.9 Å². The summed E-state index contributed by atoms with van der Waals surface area (Å²) >= 11 is 0. The van der Waals surface area contributed by atoms with Gasteiger partial charge in [0.25, 0.3) is 0 Å². The molecule has 0 N–H and O–H groups in total. The van der Waals surface area contributed by atoms with E-state index in [4.69, 9.17) is 9.98 Å². The van der Waals surface area contributed by atoms with Crippen LogP contribution >= 0.6 is 0 Å². The van der Waals surface area contributed by atoms with Crippen LogP contribution in [0.1, 0.15) is 66.7 Å². The molecule has 0 bridgehead atoms. The SMILES string of the molecule is CC1C=C(c2ccccc2)C=C(C2=CC(c3cccc(-c4ccccc4)c3)=NC(c3ccc(-c4nc5c(c6c4c4ccccc4n6-c4ccccc4)C(C)CC=C5)cc3)N2C)C1. The van der Waals surface area contributed by atoms with E-state index in [0.29, 0.717) is 11.8 Å². The normalized spacial score (nSPS) is 18.6. The number of hydrogen-bond donors (Lipinski definition) is 0. The van der Waals surface area contributed by atoms with Crippen LogP contribution in [0.2, 0.25) is 0 Å². The second-order valence-corrected chi connectivity index (χ2v) is 17.1. The van der Waals surface area contributed by atoms with Gasteiger partial charge in [-0.2, -0.15) is 0 Å². The summed E-state index contributed by atoms with van der Waals surface area (Å²) in [5.74, 6) is 0.742. The molecule has 3 heterocycles. The minimum atomic E-state index is -0.234. The molecule has 4 nitrogen and oxygen atoms in total. The molecule has 2 aromatic heterocycles. The fraction of sp³-hybridized carbons (Fsp3) is 0.138. The predicted molar refractivity (Wildman–Crippen MR) is 259 cm³/mol. The topological polar surface area (TPSA) is 33.4 Å². The van der Waals surface area contributed by atoms with Gasteiger partial charge in [0.15, 0.2) is 0 Å². The molecule has 0 saturated heterocycles. The van der Waals surface area contributed by atoms with Crippen LogP contribution in [0.15, 0.2) is 204 Å². The first-order valence-corrected chi connectivity index (χ1v) is 21.9. The van der Waals surface area contributed by atoms with E-state index in [1.54, 1.807) is 0 Å². The number of pyridine rings is 1. The number of likely N-dealkylation sites (N-methyl/N-ethyl adjacent to an activating group) is 1. The third-order valence-electron chi connectivity index (χ3n) is 12.9. The summed E-state index contributed by atoms with van der Waals surface area (Å²) in [5.41, 5.74) is 18.8. The minimum Gasteiger partial charge on any atom is -0.349 e. The van der Waals surface area contributed by atoms with Crippen molar-refractivity contribution < 1.29 is 0 Å². The fourth-order valence-electron chi connectivity index (χ4n) is 9.95. The number of para-hydroxylation sites is 2. The number of nitrogens with zero attached hydrogens (tertiary/aromatic N) is 4. The van der Waals surface area contributed by atoms with Crippen molar-refractivity contribution in [1.82, 2.24) is 14.5 Å². The Hall–Kier alpha value is -7.30. The molecule has 3 unspecified atom stereocenters. The summed E-state index contributed by atoms with van der Waals surface area (Å²) < 4.78 is 2.46. The van der Waals surface area contributed by atoms with Gasteiger partial charge in [0.2, 0.25) is 0 Å². The number of fused-ring (bicyclic) bond motifs is 5. The Labute approximate surface area is 364 Å². The molecule has 300 valence electrons. The van der Waals surface area contributed by atoms with Crippen molar-refractivity contribution in [3.63, 3.8) is 0 Å². The number of benzene rings is 6. The van der Waals surface area contributed by atoms with E-state index in [1.807, 2.05) is 0 Å². The smallest absolute Gasteiger partial charge is 0.147 e. The number of rotatable bonds is 7. The third-order valence-corrected chi connectivity index (χ3v) is 12.9. The lowest BCUT2D eigenvalue weighted by Crippen LogP contribution is -2.30. The van der Waals surface area contributed by atoms with E-state index in [0.717, 1.165) is 52.3 Å². The van der Waals surface area contributed by atoms with E-state index in [2.05, 4.69) is 225 Å². The average Bonchev–Trinajstić information content (AvgIpc) is 3.67. The molecule has 4 heteroatoms. The summed E-state index contributed by atoms with van der Waals surface area (Å²) in [7, 11) is 2.21. The van der Waals surface area contributed by atoms with Crippen molar-refractivity contribution in [2.24, 2.45) is 10.9 Å². The summed E-state index contributed by atoms with van der Waals surface area (Å²) in [6.07, 6.45) is 13.4. The van der Waals surface area contributed by atoms with Crippen molar-refractivity contribution in [2.45, 2.75) is 38.8 Å². The monoisotopic (exact) mass is 800 g/mol. The second-order valence-electron chi connectivity index (χ2n) is 17.1. The maximum Gasteiger partial charge on any atom is 0.147 e. The van der Waals surface area contributed by atoms with Crippen LogP contribution in [-0.2, 0) is 0 Å². The maximum atomic E-state index is 5.57. The number of allylic oxidation sites excluding steroid dienone is 6. The van der Waals surface area contributed by atoms with Crippen molar-refractivity contribution in [2.75, 3.05) is 7.05 Å². The molecule has 62 heavy (non-hydrogen) atoms. The van der Waals surface area contributed by atoms with Gasteiger partial charge in [-0.3, -0.25) is 4.99 Å². The van der Waals surface area contributed by atoms with E-state index in [1.165, 1.54) is 60.9 Å². The van der Waals surface area contributed by atoms with E-state index in [9.17, 15) is 0 Å². The molecular formula is C58H48N4. The van der Waals surface area contributed by atoms with E-state index < -0.39 is 0 Å². The summed E-state index contributed by atoms with van der Waals surface area (Å²) in [6, 6.07) is 58.9. The van der Waals surface area contributed by atoms with Crippen LogP contribution in [0.25, 0.3) is 61.5 Å². The van der Waals surface area contributed by atoms with Gasteiger partial charge in [0.05, 0.1) is 28.1 Å². The van der Waals surface area contributed by atoms with Gasteiger partial charge in [-0.1, -0.05) is 166 Å². The first kappa shape index (κ1) is 37.7. The van der Waals surface area contributed by atoms with Gasteiger partial charge in [0.1, 0.15) is 6.17 Å². The summed E-state index contributed by atoms with van der Waals surface area (Å²) in [5, 5.41) is 2.42. The van der Waals surface area contributed by atoms with Crippen molar-refractivity contribution in [1.29, 1.82) is 0 Å². The molecule has 0 saturated carbocycles. The Balaban J connectivity index is 1.05. The highest BCUT2D eigenvalue weighted by Gasteiger charge is 2.30. The molecule has 2 aliphatic carbocycles. The van der Waals surface area contributed by atoms with Crippen LogP contribution in [0.5, 0.6) is 0 Å². The molecule has 0 spiro atoms. The highest BCUT2D eigenvalue weighted by molar-refractivity contribution is 6.16. The first-order chi connectivity index (χ1) is 30.5. The molecule has 0 radical (unpaired) electrons. The predicted octanol–water partition coefficient (Wildman–Crippen LogP) is 14.4. The molecule has 8 aromatic rings. The summed E-state index contributed by atoms with van der Waals surface area (Å²) in [4.78, 5) is 13.5. The minimum absolute atomic E-state index is 0.234. The molecule has 3 aliphatic rings. The third kappa shape index (κ3) is 6.64. The molecule has 6 aromatic carbocycles. The number of hydrogen-bond acceptors (Lipinski definition) is 3. The molecular weight excluding hydrogens is 753 g/mol. The van der Waals surface area contributed by atoms with E-state index >= 15 is 0 Å². The lowest BCUT2D eigenvalue weighted by molar-refractivity contribution is 0.317. The fourth-order valence-corrected chi connectivity index (χ4v) is 9.95. The second kappa shape index (κ2) is 15.6. The van der Waals surface area contributed by atoms with E-state index in [-0.39, 0.29) is 6.17 Å². The number of aromatic nitrogens is 2. The highest BCUT2D eigenvalue weighted by Crippen LogP contribution is 2.45. The zero-order valence-corrected chi connectivity index (χ0v) is 35.4. The van der Waals surface area contributed by atoms with Crippen LogP contribution in [0.4, 0.5) is 0 Å². The van der Waals surface area contributed by atoms with Crippen LogP contribution in [0, 0.1) is 5.92 Å². The molecule has 11 rings (SSSR count). The van der Waals surface area contributed by atoms with Gasteiger partial charge >= 0.3 is 0 Å². The lowest BCUT2D eigenvalue weighted by atomic mass is 9.85. The van der Waals surface area contributed by atoms with Crippen molar-refractivity contribution in [3.8, 4) is 28.1 Å². The Morgan fingerprint density at radius 3 is 2.08 bits per heavy atom. The average molecular weight is 801 g/mol.